The van der Waals surface area contributed by atoms with Gasteiger partial charge in [0.05, 0.1) is 13.7 Å². The van der Waals surface area contributed by atoms with Crippen molar-refractivity contribution >= 4 is 0 Å². The highest BCUT2D eigenvalue weighted by Crippen LogP contribution is 2.27. The van der Waals surface area contributed by atoms with Crippen molar-refractivity contribution in [3.05, 3.63) is 30.0 Å². The number of ether oxygens (including phenoxy) is 2. The predicted octanol–water partition coefficient (Wildman–Crippen LogP) is 3.06. The monoisotopic (exact) mass is 233 g/mol. The second kappa shape index (κ2) is 4.91. The van der Waals surface area contributed by atoms with Gasteiger partial charge in [-0.2, -0.15) is 0 Å². The molecule has 0 N–H and O–H groups in total. The maximum atomic E-state index is 5.46. The third kappa shape index (κ3) is 2.41. The fourth-order valence-corrected chi connectivity index (χ4v) is 1.61. The Kier molecular flexibility index (Phi) is 3.32. The van der Waals surface area contributed by atoms with Crippen LogP contribution in [-0.2, 0) is 0 Å². The Hall–Kier alpha value is -1.97. The van der Waals surface area contributed by atoms with E-state index in [9.17, 15) is 0 Å². The van der Waals surface area contributed by atoms with Crippen LogP contribution < -0.4 is 9.47 Å². The molecule has 2 aromatic rings. The molecule has 0 radical (unpaired) electrons. The van der Waals surface area contributed by atoms with E-state index in [4.69, 9.17) is 13.9 Å². The highest BCUT2D eigenvalue weighted by molar-refractivity contribution is 5.57. The third-order valence-corrected chi connectivity index (χ3v) is 2.41. The minimum absolute atomic E-state index is 0.441. The third-order valence-electron chi connectivity index (χ3n) is 2.41. The van der Waals surface area contributed by atoms with Gasteiger partial charge >= 0.3 is 5.95 Å². The molecule has 0 fully saturated rings. The van der Waals surface area contributed by atoms with Crippen LogP contribution >= 0.6 is 0 Å². The first-order valence-corrected chi connectivity index (χ1v) is 5.48. The number of hydrogen-bond acceptors (Lipinski definition) is 4. The minimum atomic E-state index is 0.441. The summed E-state index contributed by atoms with van der Waals surface area (Å²) in [4.78, 5) is 4.17. The van der Waals surface area contributed by atoms with Crippen LogP contribution in [0.25, 0.3) is 11.5 Å². The zero-order valence-electron chi connectivity index (χ0n) is 10.2. The molecule has 4 nitrogen and oxygen atoms in total. The van der Waals surface area contributed by atoms with Crippen molar-refractivity contribution in [3.63, 3.8) is 0 Å². The predicted molar refractivity (Wildman–Crippen MR) is 64.4 cm³/mol. The molecule has 0 spiro atoms. The molecule has 0 aliphatic rings. The molecule has 1 heterocycles. The Labute approximate surface area is 100 Å². The van der Waals surface area contributed by atoms with Gasteiger partial charge in [0, 0.05) is 5.56 Å². The van der Waals surface area contributed by atoms with Gasteiger partial charge in [0.15, 0.2) is 0 Å². The Morgan fingerprint density at radius 1 is 1.35 bits per heavy atom. The zero-order valence-corrected chi connectivity index (χ0v) is 10.2. The van der Waals surface area contributed by atoms with E-state index in [2.05, 4.69) is 4.98 Å². The SMILES string of the molecule is CCOc1cnc(-c2ccc(OC)c(C)c2)o1. The minimum Gasteiger partial charge on any atom is -0.496 e. The average molecular weight is 233 g/mol. The van der Waals surface area contributed by atoms with E-state index in [-0.39, 0.29) is 0 Å². The molecule has 0 atom stereocenters. The van der Waals surface area contributed by atoms with E-state index in [0.717, 1.165) is 16.9 Å². The number of rotatable bonds is 4. The molecule has 1 aromatic heterocycles. The largest absolute Gasteiger partial charge is 0.496 e. The van der Waals surface area contributed by atoms with Gasteiger partial charge in [0.25, 0.3) is 0 Å². The molecule has 0 unspecified atom stereocenters. The molecule has 1 aromatic carbocycles. The van der Waals surface area contributed by atoms with Gasteiger partial charge in [-0.25, -0.2) is 4.98 Å². The average Bonchev–Trinajstić information content (AvgIpc) is 2.78. The van der Waals surface area contributed by atoms with E-state index >= 15 is 0 Å². The van der Waals surface area contributed by atoms with E-state index in [1.54, 1.807) is 13.3 Å². The second-order valence-electron chi connectivity index (χ2n) is 3.60. The van der Waals surface area contributed by atoms with Crippen molar-refractivity contribution in [1.29, 1.82) is 0 Å². The van der Waals surface area contributed by atoms with Gasteiger partial charge in [-0.15, -0.1) is 0 Å². The highest BCUT2D eigenvalue weighted by atomic mass is 16.6. The molecular formula is C13H15NO3. The van der Waals surface area contributed by atoms with Crippen LogP contribution in [0.2, 0.25) is 0 Å². The summed E-state index contributed by atoms with van der Waals surface area (Å²) in [7, 11) is 1.65. The maximum absolute atomic E-state index is 5.46. The molecule has 0 aliphatic carbocycles. The molecule has 17 heavy (non-hydrogen) atoms. The Bertz CT molecular complexity index is 505. The molecule has 0 saturated carbocycles. The lowest BCUT2D eigenvalue weighted by atomic mass is 10.1. The van der Waals surface area contributed by atoms with Crippen LogP contribution in [0.4, 0.5) is 0 Å². The van der Waals surface area contributed by atoms with Crippen LogP contribution in [0.15, 0.2) is 28.8 Å². The number of aromatic nitrogens is 1. The maximum Gasteiger partial charge on any atom is 0.305 e. The summed E-state index contributed by atoms with van der Waals surface area (Å²) in [5.74, 6) is 1.85. The molecule has 2 rings (SSSR count). The zero-order chi connectivity index (χ0) is 12.3. The van der Waals surface area contributed by atoms with Crippen LogP contribution in [0.3, 0.4) is 0 Å². The van der Waals surface area contributed by atoms with E-state index < -0.39 is 0 Å². The first kappa shape index (κ1) is 11.5. The van der Waals surface area contributed by atoms with Gasteiger partial charge in [-0.3, -0.25) is 0 Å². The standard InChI is InChI=1S/C13H15NO3/c1-4-16-12-8-14-13(17-12)10-5-6-11(15-3)9(2)7-10/h5-8H,4H2,1-3H3. The highest BCUT2D eigenvalue weighted by Gasteiger charge is 2.08. The quantitative estimate of drug-likeness (QED) is 0.814. The Balaban J connectivity index is 2.29. The number of aryl methyl sites for hydroxylation is 1. The van der Waals surface area contributed by atoms with Crippen molar-refractivity contribution in [2.24, 2.45) is 0 Å². The van der Waals surface area contributed by atoms with Crippen molar-refractivity contribution in [1.82, 2.24) is 4.98 Å². The van der Waals surface area contributed by atoms with E-state index in [0.29, 0.717) is 18.4 Å². The van der Waals surface area contributed by atoms with Crippen LogP contribution in [0, 0.1) is 6.92 Å². The fraction of sp³-hybridized carbons (Fsp3) is 0.308. The summed E-state index contributed by atoms with van der Waals surface area (Å²) in [5, 5.41) is 0. The molecule has 4 heteroatoms. The number of oxazole rings is 1. The van der Waals surface area contributed by atoms with Crippen molar-refractivity contribution in [2.45, 2.75) is 13.8 Å². The normalized spacial score (nSPS) is 10.3. The first-order chi connectivity index (χ1) is 8.24. The van der Waals surface area contributed by atoms with Crippen LogP contribution in [0.5, 0.6) is 11.7 Å². The summed E-state index contributed by atoms with van der Waals surface area (Å²) >= 11 is 0. The smallest absolute Gasteiger partial charge is 0.305 e. The number of benzene rings is 1. The van der Waals surface area contributed by atoms with Crippen molar-refractivity contribution in [2.75, 3.05) is 13.7 Å². The Morgan fingerprint density at radius 3 is 2.82 bits per heavy atom. The fourth-order valence-electron chi connectivity index (χ4n) is 1.61. The molecule has 0 bridgehead atoms. The van der Waals surface area contributed by atoms with E-state index in [1.807, 2.05) is 32.0 Å². The lowest BCUT2D eigenvalue weighted by molar-refractivity contribution is 0.260. The topological polar surface area (TPSA) is 44.5 Å². The lowest BCUT2D eigenvalue weighted by Crippen LogP contribution is -1.88. The van der Waals surface area contributed by atoms with Crippen molar-refractivity contribution < 1.29 is 13.9 Å². The van der Waals surface area contributed by atoms with Gasteiger partial charge in [-0.05, 0) is 37.6 Å². The second-order valence-corrected chi connectivity index (χ2v) is 3.60. The molecule has 0 amide bonds. The van der Waals surface area contributed by atoms with E-state index in [1.165, 1.54) is 0 Å². The summed E-state index contributed by atoms with van der Waals surface area (Å²) in [6, 6.07) is 5.78. The van der Waals surface area contributed by atoms with Gasteiger partial charge in [0.2, 0.25) is 5.89 Å². The summed E-state index contributed by atoms with van der Waals surface area (Å²) in [6.45, 7) is 4.45. The summed E-state index contributed by atoms with van der Waals surface area (Å²) in [5.41, 5.74) is 1.95. The van der Waals surface area contributed by atoms with Gasteiger partial charge in [-0.1, -0.05) is 0 Å². The van der Waals surface area contributed by atoms with Crippen molar-refractivity contribution in [3.8, 4) is 23.1 Å². The molecular weight excluding hydrogens is 218 g/mol. The van der Waals surface area contributed by atoms with Gasteiger partial charge < -0.3 is 13.9 Å². The van der Waals surface area contributed by atoms with Crippen LogP contribution in [-0.4, -0.2) is 18.7 Å². The first-order valence-electron chi connectivity index (χ1n) is 5.48. The number of hydrogen-bond donors (Lipinski definition) is 0. The number of methoxy groups -OCH3 is 1. The summed E-state index contributed by atoms with van der Waals surface area (Å²) in [6.07, 6.45) is 1.58. The molecule has 90 valence electrons. The molecule has 0 aliphatic heterocycles. The number of nitrogens with zero attached hydrogens (tertiary/aromatic N) is 1. The lowest BCUT2D eigenvalue weighted by Gasteiger charge is -2.04. The van der Waals surface area contributed by atoms with Gasteiger partial charge in [0.1, 0.15) is 11.9 Å². The molecule has 0 saturated heterocycles. The van der Waals surface area contributed by atoms with Crippen LogP contribution in [0.1, 0.15) is 12.5 Å². The Morgan fingerprint density at radius 2 is 2.18 bits per heavy atom. The summed E-state index contributed by atoms with van der Waals surface area (Å²) < 4.78 is 15.9.